The summed E-state index contributed by atoms with van der Waals surface area (Å²) in [5.74, 6) is 0.167. The van der Waals surface area contributed by atoms with E-state index >= 15 is 0 Å². The number of rotatable bonds is 7. The minimum absolute atomic E-state index is 0. The van der Waals surface area contributed by atoms with E-state index in [2.05, 4.69) is 31.4 Å². The average molecular weight is 307 g/mol. The van der Waals surface area contributed by atoms with Crippen LogP contribution in [0.5, 0.6) is 0 Å². The van der Waals surface area contributed by atoms with Crippen LogP contribution < -0.4 is 10.6 Å². The Hall–Kier alpha value is -0.320. The topological polar surface area (TPSA) is 50.4 Å². The minimum Gasteiger partial charge on any atom is -0.384 e. The van der Waals surface area contributed by atoms with Crippen molar-refractivity contribution in [3.8, 4) is 0 Å². The number of hydrogen-bond acceptors (Lipinski definition) is 3. The predicted molar refractivity (Wildman–Crippen MR) is 85.4 cm³/mol. The maximum Gasteiger partial charge on any atom is 0.220 e. The predicted octanol–water partition coefficient (Wildman–Crippen LogP) is 2.37. The molecule has 0 atom stereocenters. The van der Waals surface area contributed by atoms with Gasteiger partial charge in [-0.05, 0) is 31.3 Å². The van der Waals surface area contributed by atoms with Gasteiger partial charge in [0.1, 0.15) is 0 Å². The van der Waals surface area contributed by atoms with Crippen molar-refractivity contribution in [3.63, 3.8) is 0 Å². The van der Waals surface area contributed by atoms with Crippen molar-refractivity contribution in [2.24, 2.45) is 10.8 Å². The molecule has 1 heterocycles. The normalized spacial score (nSPS) is 18.2. The SMILES string of the molecule is CCC(C)(C)CC(=O)NCC1(COC)CCNCC1.Cl. The van der Waals surface area contributed by atoms with Crippen LogP contribution in [0.1, 0.15) is 46.5 Å². The molecule has 1 amide bonds. The molecule has 1 fully saturated rings. The van der Waals surface area contributed by atoms with E-state index in [1.807, 2.05) is 0 Å². The first-order chi connectivity index (χ1) is 8.93. The van der Waals surface area contributed by atoms with Gasteiger partial charge in [-0.1, -0.05) is 27.2 Å². The fraction of sp³-hybridized carbons (Fsp3) is 0.933. The van der Waals surface area contributed by atoms with E-state index in [4.69, 9.17) is 4.74 Å². The van der Waals surface area contributed by atoms with Crippen LogP contribution in [0.2, 0.25) is 0 Å². The van der Waals surface area contributed by atoms with Crippen LogP contribution in [0.25, 0.3) is 0 Å². The van der Waals surface area contributed by atoms with Crippen molar-refractivity contribution < 1.29 is 9.53 Å². The van der Waals surface area contributed by atoms with Crippen LogP contribution in [0.3, 0.4) is 0 Å². The first-order valence-electron chi connectivity index (χ1n) is 7.39. The molecule has 1 saturated heterocycles. The molecule has 2 N–H and O–H groups in total. The molecule has 0 unspecified atom stereocenters. The summed E-state index contributed by atoms with van der Waals surface area (Å²) in [4.78, 5) is 12.0. The highest BCUT2D eigenvalue weighted by Gasteiger charge is 2.32. The average Bonchev–Trinajstić information content (AvgIpc) is 2.38. The van der Waals surface area contributed by atoms with Gasteiger partial charge in [0.15, 0.2) is 0 Å². The molecule has 0 bridgehead atoms. The third kappa shape index (κ3) is 6.42. The van der Waals surface area contributed by atoms with Crippen LogP contribution in [-0.4, -0.2) is 39.3 Å². The van der Waals surface area contributed by atoms with Gasteiger partial charge in [-0.25, -0.2) is 0 Å². The minimum atomic E-state index is 0. The van der Waals surface area contributed by atoms with Crippen molar-refractivity contribution in [2.75, 3.05) is 33.4 Å². The summed E-state index contributed by atoms with van der Waals surface area (Å²) < 4.78 is 5.36. The van der Waals surface area contributed by atoms with Gasteiger partial charge in [0.05, 0.1) is 6.61 Å². The van der Waals surface area contributed by atoms with E-state index in [1.165, 1.54) is 0 Å². The molecule has 0 aliphatic carbocycles. The molecule has 1 aliphatic rings. The lowest BCUT2D eigenvalue weighted by Crippen LogP contribution is -2.47. The zero-order valence-electron chi connectivity index (χ0n) is 13.4. The van der Waals surface area contributed by atoms with Gasteiger partial charge in [0, 0.05) is 25.5 Å². The molecule has 5 heteroatoms. The smallest absolute Gasteiger partial charge is 0.220 e. The Labute approximate surface area is 129 Å². The number of nitrogens with one attached hydrogen (secondary N) is 2. The van der Waals surface area contributed by atoms with Gasteiger partial charge in [-0.2, -0.15) is 0 Å². The first kappa shape index (κ1) is 19.7. The number of hydrogen-bond donors (Lipinski definition) is 2. The Bertz CT molecular complexity index is 284. The van der Waals surface area contributed by atoms with E-state index in [0.717, 1.165) is 45.5 Å². The lowest BCUT2D eigenvalue weighted by Gasteiger charge is -2.37. The first-order valence-corrected chi connectivity index (χ1v) is 7.39. The summed E-state index contributed by atoms with van der Waals surface area (Å²) >= 11 is 0. The number of carbonyl (C=O) groups is 1. The Kier molecular flexibility index (Phi) is 8.71. The van der Waals surface area contributed by atoms with E-state index in [1.54, 1.807) is 7.11 Å². The molecular weight excluding hydrogens is 276 g/mol. The zero-order chi connectivity index (χ0) is 14.4. The molecule has 20 heavy (non-hydrogen) atoms. The third-order valence-corrected chi connectivity index (χ3v) is 4.37. The number of piperidine rings is 1. The van der Waals surface area contributed by atoms with Crippen molar-refractivity contribution >= 4 is 18.3 Å². The van der Waals surface area contributed by atoms with Crippen LogP contribution in [0, 0.1) is 10.8 Å². The summed E-state index contributed by atoms with van der Waals surface area (Å²) in [7, 11) is 1.74. The van der Waals surface area contributed by atoms with Crippen LogP contribution in [0.15, 0.2) is 0 Å². The molecule has 0 radical (unpaired) electrons. The molecule has 0 saturated carbocycles. The zero-order valence-corrected chi connectivity index (χ0v) is 14.2. The van der Waals surface area contributed by atoms with Crippen molar-refractivity contribution in [3.05, 3.63) is 0 Å². The number of halogens is 1. The van der Waals surface area contributed by atoms with Crippen molar-refractivity contribution in [1.29, 1.82) is 0 Å². The van der Waals surface area contributed by atoms with Gasteiger partial charge in [-0.3, -0.25) is 4.79 Å². The molecule has 0 aromatic rings. The Balaban J connectivity index is 0.00000361. The molecular formula is C15H31ClN2O2. The summed E-state index contributed by atoms with van der Waals surface area (Å²) in [5.41, 5.74) is 0.207. The lowest BCUT2D eigenvalue weighted by atomic mass is 9.79. The number of carbonyl (C=O) groups excluding carboxylic acids is 1. The van der Waals surface area contributed by atoms with Gasteiger partial charge in [-0.15, -0.1) is 12.4 Å². The molecule has 1 aliphatic heterocycles. The van der Waals surface area contributed by atoms with E-state index in [-0.39, 0.29) is 29.1 Å². The molecule has 0 spiro atoms. The Morgan fingerprint density at radius 2 is 1.95 bits per heavy atom. The van der Waals surface area contributed by atoms with E-state index in [9.17, 15) is 4.79 Å². The number of amides is 1. The fourth-order valence-corrected chi connectivity index (χ4v) is 2.54. The summed E-state index contributed by atoms with van der Waals surface area (Å²) in [6, 6.07) is 0. The van der Waals surface area contributed by atoms with E-state index < -0.39 is 0 Å². The van der Waals surface area contributed by atoms with Crippen molar-refractivity contribution in [1.82, 2.24) is 10.6 Å². The maximum absolute atomic E-state index is 12.0. The van der Waals surface area contributed by atoms with Gasteiger partial charge in [0.2, 0.25) is 5.91 Å². The molecule has 120 valence electrons. The molecule has 1 rings (SSSR count). The Morgan fingerprint density at radius 1 is 1.35 bits per heavy atom. The van der Waals surface area contributed by atoms with Crippen LogP contribution >= 0.6 is 12.4 Å². The second kappa shape index (κ2) is 8.85. The molecule has 4 nitrogen and oxygen atoms in total. The quantitative estimate of drug-likeness (QED) is 0.759. The molecule has 0 aromatic heterocycles. The van der Waals surface area contributed by atoms with Crippen LogP contribution in [0.4, 0.5) is 0 Å². The highest BCUT2D eigenvalue weighted by Crippen LogP contribution is 2.29. The van der Waals surface area contributed by atoms with Crippen LogP contribution in [-0.2, 0) is 9.53 Å². The largest absolute Gasteiger partial charge is 0.384 e. The second-order valence-electron chi connectivity index (χ2n) is 6.65. The number of ether oxygens (including phenoxy) is 1. The number of methoxy groups -OCH3 is 1. The summed E-state index contributed by atoms with van der Waals surface area (Å²) in [5, 5.41) is 6.49. The van der Waals surface area contributed by atoms with Gasteiger partial charge >= 0.3 is 0 Å². The Morgan fingerprint density at radius 3 is 2.45 bits per heavy atom. The van der Waals surface area contributed by atoms with Gasteiger partial charge in [0.25, 0.3) is 0 Å². The van der Waals surface area contributed by atoms with E-state index in [0.29, 0.717) is 6.42 Å². The summed E-state index contributed by atoms with van der Waals surface area (Å²) in [6.07, 6.45) is 3.76. The second-order valence-corrected chi connectivity index (χ2v) is 6.65. The molecule has 0 aromatic carbocycles. The fourth-order valence-electron chi connectivity index (χ4n) is 2.54. The highest BCUT2D eigenvalue weighted by molar-refractivity contribution is 5.85. The third-order valence-electron chi connectivity index (χ3n) is 4.37. The summed E-state index contributed by atoms with van der Waals surface area (Å²) in [6.45, 7) is 9.91. The maximum atomic E-state index is 12.0. The highest BCUT2D eigenvalue weighted by atomic mass is 35.5. The lowest BCUT2D eigenvalue weighted by molar-refractivity contribution is -0.124. The monoisotopic (exact) mass is 306 g/mol. The van der Waals surface area contributed by atoms with Gasteiger partial charge < -0.3 is 15.4 Å². The standard InChI is InChI=1S/C15H30N2O2.ClH/c1-5-14(2,3)10-13(18)17-11-15(12-19-4)6-8-16-9-7-15;/h16H,5-12H2,1-4H3,(H,17,18);1H. The van der Waals surface area contributed by atoms with Crippen molar-refractivity contribution in [2.45, 2.75) is 46.5 Å².